The number of aromatic nitrogens is 1. The molecular weight excluding hydrogens is 255 g/mol. The molecule has 98 valence electrons. The average molecular weight is 271 g/mol. The summed E-state index contributed by atoms with van der Waals surface area (Å²) in [5.41, 5.74) is 2.20. The van der Waals surface area contributed by atoms with Crippen LogP contribution in [0.25, 0.3) is 11.0 Å². The molecule has 0 bridgehead atoms. The van der Waals surface area contributed by atoms with Gasteiger partial charge in [0.25, 0.3) is 0 Å². The van der Waals surface area contributed by atoms with Crippen LogP contribution in [0.2, 0.25) is 0 Å². The first-order valence-corrected chi connectivity index (χ1v) is 6.02. The van der Waals surface area contributed by atoms with E-state index in [1.165, 1.54) is 6.07 Å². The van der Waals surface area contributed by atoms with Gasteiger partial charge in [-0.25, -0.2) is 4.39 Å². The second kappa shape index (κ2) is 5.24. The fourth-order valence-corrected chi connectivity index (χ4v) is 2.48. The molecule has 0 amide bonds. The standard InChI is InChI=1S/C13H15FN2O.ClH/c1-8-6-10-12(7-11(8)14)17-16-13(10)9-2-4-15-5-3-9;/h6-7,9,15H,2-5H2,1H3;1H. The topological polar surface area (TPSA) is 38.1 Å². The van der Waals surface area contributed by atoms with Gasteiger partial charge in [-0.1, -0.05) is 5.16 Å². The zero-order valence-electron chi connectivity index (χ0n) is 10.2. The Kier molecular flexibility index (Phi) is 3.88. The fourth-order valence-electron chi connectivity index (χ4n) is 2.48. The highest BCUT2D eigenvalue weighted by atomic mass is 35.5. The summed E-state index contributed by atoms with van der Waals surface area (Å²) in [6.45, 7) is 3.80. The number of hydrogen-bond donors (Lipinski definition) is 1. The Bertz CT molecular complexity index is 549. The van der Waals surface area contributed by atoms with Crippen molar-refractivity contribution >= 4 is 23.4 Å². The van der Waals surface area contributed by atoms with Crippen molar-refractivity contribution in [1.82, 2.24) is 10.5 Å². The summed E-state index contributed by atoms with van der Waals surface area (Å²) in [6, 6.07) is 3.28. The molecule has 0 atom stereocenters. The highest BCUT2D eigenvalue weighted by Crippen LogP contribution is 2.31. The molecule has 1 N–H and O–H groups in total. The summed E-state index contributed by atoms with van der Waals surface area (Å²) in [7, 11) is 0. The van der Waals surface area contributed by atoms with Crippen LogP contribution in [0.4, 0.5) is 4.39 Å². The Morgan fingerprint density at radius 1 is 1.33 bits per heavy atom. The lowest BCUT2D eigenvalue weighted by Gasteiger charge is -2.20. The van der Waals surface area contributed by atoms with Gasteiger partial charge in [-0.15, -0.1) is 12.4 Å². The molecule has 0 saturated carbocycles. The van der Waals surface area contributed by atoms with E-state index in [1.54, 1.807) is 6.92 Å². The van der Waals surface area contributed by atoms with Crippen molar-refractivity contribution in [3.05, 3.63) is 29.2 Å². The van der Waals surface area contributed by atoms with Crippen LogP contribution in [-0.2, 0) is 0 Å². The van der Waals surface area contributed by atoms with Crippen LogP contribution in [0.3, 0.4) is 0 Å². The number of benzene rings is 1. The highest BCUT2D eigenvalue weighted by molar-refractivity contribution is 5.85. The monoisotopic (exact) mass is 270 g/mol. The Hall–Kier alpha value is -1.13. The van der Waals surface area contributed by atoms with Crippen molar-refractivity contribution in [2.24, 2.45) is 0 Å². The van der Waals surface area contributed by atoms with Crippen LogP contribution in [0.1, 0.15) is 30.0 Å². The number of hydrogen-bond acceptors (Lipinski definition) is 3. The second-order valence-electron chi connectivity index (χ2n) is 4.69. The van der Waals surface area contributed by atoms with Gasteiger partial charge in [0.2, 0.25) is 0 Å². The van der Waals surface area contributed by atoms with Crippen LogP contribution in [0, 0.1) is 12.7 Å². The van der Waals surface area contributed by atoms with E-state index in [0.29, 0.717) is 17.1 Å². The minimum atomic E-state index is -0.231. The Morgan fingerprint density at radius 3 is 2.78 bits per heavy atom. The van der Waals surface area contributed by atoms with Crippen molar-refractivity contribution in [3.63, 3.8) is 0 Å². The predicted octanol–water partition coefficient (Wildman–Crippen LogP) is 3.16. The molecule has 18 heavy (non-hydrogen) atoms. The maximum atomic E-state index is 13.4. The molecule has 3 rings (SSSR count). The predicted molar refractivity (Wildman–Crippen MR) is 70.8 cm³/mol. The SMILES string of the molecule is Cc1cc2c(C3CCNCC3)noc2cc1F.Cl. The summed E-state index contributed by atoms with van der Waals surface area (Å²) in [5.74, 6) is 0.202. The smallest absolute Gasteiger partial charge is 0.170 e. The van der Waals surface area contributed by atoms with Crippen molar-refractivity contribution < 1.29 is 8.91 Å². The summed E-state index contributed by atoms with van der Waals surface area (Å²) < 4.78 is 18.6. The quantitative estimate of drug-likeness (QED) is 0.865. The summed E-state index contributed by atoms with van der Waals surface area (Å²) in [4.78, 5) is 0. The average Bonchev–Trinajstić information content (AvgIpc) is 2.74. The van der Waals surface area contributed by atoms with Gasteiger partial charge in [-0.2, -0.15) is 0 Å². The van der Waals surface area contributed by atoms with Gasteiger partial charge in [0.1, 0.15) is 5.82 Å². The minimum Gasteiger partial charge on any atom is -0.356 e. The Morgan fingerprint density at radius 2 is 2.06 bits per heavy atom. The number of halogens is 2. The van der Waals surface area contributed by atoms with E-state index in [0.717, 1.165) is 37.0 Å². The van der Waals surface area contributed by atoms with Crippen molar-refractivity contribution in [2.75, 3.05) is 13.1 Å². The van der Waals surface area contributed by atoms with Crippen LogP contribution < -0.4 is 5.32 Å². The number of fused-ring (bicyclic) bond motifs is 1. The molecule has 0 unspecified atom stereocenters. The highest BCUT2D eigenvalue weighted by Gasteiger charge is 2.22. The van der Waals surface area contributed by atoms with Crippen LogP contribution in [-0.4, -0.2) is 18.2 Å². The van der Waals surface area contributed by atoms with E-state index >= 15 is 0 Å². The molecule has 1 fully saturated rings. The lowest BCUT2D eigenvalue weighted by molar-refractivity contribution is 0.403. The Balaban J connectivity index is 0.00000120. The van der Waals surface area contributed by atoms with Gasteiger partial charge < -0.3 is 9.84 Å². The van der Waals surface area contributed by atoms with Gasteiger partial charge in [-0.3, -0.25) is 0 Å². The van der Waals surface area contributed by atoms with Crippen molar-refractivity contribution in [2.45, 2.75) is 25.7 Å². The molecule has 3 nitrogen and oxygen atoms in total. The van der Waals surface area contributed by atoms with E-state index in [-0.39, 0.29) is 18.2 Å². The number of aryl methyl sites for hydroxylation is 1. The molecule has 0 spiro atoms. The molecule has 0 radical (unpaired) electrons. The zero-order chi connectivity index (χ0) is 11.8. The molecule has 2 aromatic rings. The van der Waals surface area contributed by atoms with E-state index in [1.807, 2.05) is 6.07 Å². The molecular formula is C13H16ClFN2O. The molecule has 1 aromatic heterocycles. The molecule has 1 aromatic carbocycles. The molecule has 1 saturated heterocycles. The fraction of sp³-hybridized carbons (Fsp3) is 0.462. The van der Waals surface area contributed by atoms with Gasteiger partial charge >= 0.3 is 0 Å². The third-order valence-electron chi connectivity index (χ3n) is 3.50. The number of nitrogens with one attached hydrogen (secondary N) is 1. The molecule has 5 heteroatoms. The zero-order valence-corrected chi connectivity index (χ0v) is 11.0. The first-order valence-electron chi connectivity index (χ1n) is 6.02. The second-order valence-corrected chi connectivity index (χ2v) is 4.69. The van der Waals surface area contributed by atoms with E-state index < -0.39 is 0 Å². The largest absolute Gasteiger partial charge is 0.356 e. The normalized spacial score (nSPS) is 16.8. The summed E-state index contributed by atoms with van der Waals surface area (Å²) >= 11 is 0. The maximum absolute atomic E-state index is 13.4. The van der Waals surface area contributed by atoms with Gasteiger partial charge in [-0.05, 0) is 44.5 Å². The first kappa shape index (κ1) is 13.3. The lowest BCUT2D eigenvalue weighted by atomic mass is 9.92. The molecule has 0 aliphatic carbocycles. The number of piperidine rings is 1. The Labute approximate surface area is 111 Å². The van der Waals surface area contributed by atoms with Crippen molar-refractivity contribution in [3.8, 4) is 0 Å². The minimum absolute atomic E-state index is 0. The molecule has 1 aliphatic rings. The van der Waals surface area contributed by atoms with Crippen LogP contribution >= 0.6 is 12.4 Å². The van der Waals surface area contributed by atoms with E-state index in [4.69, 9.17) is 4.52 Å². The van der Waals surface area contributed by atoms with Gasteiger partial charge in [0.05, 0.1) is 5.69 Å². The van der Waals surface area contributed by atoms with E-state index in [9.17, 15) is 4.39 Å². The number of rotatable bonds is 1. The van der Waals surface area contributed by atoms with Crippen molar-refractivity contribution in [1.29, 1.82) is 0 Å². The number of nitrogens with zero attached hydrogens (tertiary/aromatic N) is 1. The summed E-state index contributed by atoms with van der Waals surface area (Å²) in [5, 5.41) is 8.43. The third-order valence-corrected chi connectivity index (χ3v) is 3.50. The molecule has 1 aliphatic heterocycles. The van der Waals surface area contributed by atoms with Crippen LogP contribution in [0.15, 0.2) is 16.7 Å². The van der Waals surface area contributed by atoms with Gasteiger partial charge in [0.15, 0.2) is 5.58 Å². The third kappa shape index (κ3) is 2.22. The maximum Gasteiger partial charge on any atom is 0.170 e. The van der Waals surface area contributed by atoms with Gasteiger partial charge in [0, 0.05) is 17.4 Å². The van der Waals surface area contributed by atoms with Crippen LogP contribution in [0.5, 0.6) is 0 Å². The lowest BCUT2D eigenvalue weighted by Crippen LogP contribution is -2.26. The molecule has 2 heterocycles. The van der Waals surface area contributed by atoms with E-state index in [2.05, 4.69) is 10.5 Å². The summed E-state index contributed by atoms with van der Waals surface area (Å²) in [6.07, 6.45) is 2.14. The first-order chi connectivity index (χ1) is 8.25.